The molecule has 3 aliphatic rings. The molecule has 3 heterocycles. The molecule has 9 heteroatoms. The maximum atomic E-state index is 14.1. The van der Waals surface area contributed by atoms with Gasteiger partial charge in [0.05, 0.1) is 16.5 Å². The van der Waals surface area contributed by atoms with Crippen molar-refractivity contribution >= 4 is 15.8 Å². The SMILES string of the molecule is C=S(N)(=O)N1CC2=C(CN([C@H]3CO[C@H](c4cc(F)ccc4F)[C@@H](N)C3)C2)C1. The summed E-state index contributed by atoms with van der Waals surface area (Å²) in [6.45, 7) is 3.05. The summed E-state index contributed by atoms with van der Waals surface area (Å²) in [7, 11) is -2.68. The van der Waals surface area contributed by atoms with Crippen molar-refractivity contribution in [2.45, 2.75) is 24.6 Å². The lowest BCUT2D eigenvalue weighted by Gasteiger charge is -2.39. The Morgan fingerprint density at radius 3 is 2.44 bits per heavy atom. The van der Waals surface area contributed by atoms with Gasteiger partial charge in [0.2, 0.25) is 0 Å². The van der Waals surface area contributed by atoms with Crippen LogP contribution in [0.4, 0.5) is 8.78 Å². The summed E-state index contributed by atoms with van der Waals surface area (Å²) < 4.78 is 47.0. The topological polar surface area (TPSA) is 84.8 Å². The van der Waals surface area contributed by atoms with E-state index in [-0.39, 0.29) is 11.6 Å². The highest BCUT2D eigenvalue weighted by Crippen LogP contribution is 2.34. The second-order valence-corrected chi connectivity index (χ2v) is 9.47. The highest BCUT2D eigenvalue weighted by molar-refractivity contribution is 7.96. The molecule has 4 atom stereocenters. The van der Waals surface area contributed by atoms with E-state index in [1.165, 1.54) is 11.1 Å². The number of nitrogens with two attached hydrogens (primary N) is 2. The normalized spacial score (nSPS) is 31.9. The standard InChI is InChI=1S/C18H24F2N4O2S/c1-27(22,25)24-8-11-6-23(7-12(11)9-24)14-5-17(21)18(26-10-14)15-4-13(19)2-3-16(15)20/h2-4,14,17-18H,1,5-10,21H2,(H2,22,25)/t14-,17+,18-,27?/m1/s1. The van der Waals surface area contributed by atoms with Gasteiger partial charge in [-0.2, -0.15) is 0 Å². The van der Waals surface area contributed by atoms with Crippen LogP contribution in [0.15, 0.2) is 29.3 Å². The monoisotopic (exact) mass is 398 g/mol. The summed E-state index contributed by atoms with van der Waals surface area (Å²) >= 11 is 0. The molecule has 1 aromatic carbocycles. The van der Waals surface area contributed by atoms with Crippen LogP contribution in [0.25, 0.3) is 0 Å². The largest absolute Gasteiger partial charge is 0.370 e. The predicted octanol–water partition coefficient (Wildman–Crippen LogP) is 0.555. The molecule has 3 aliphatic heterocycles. The summed E-state index contributed by atoms with van der Waals surface area (Å²) in [6.07, 6.45) is -0.0173. The van der Waals surface area contributed by atoms with Crippen LogP contribution in [0.1, 0.15) is 18.1 Å². The van der Waals surface area contributed by atoms with Crippen LogP contribution in [-0.2, 0) is 14.6 Å². The first-order valence-corrected chi connectivity index (χ1v) is 10.6. The van der Waals surface area contributed by atoms with Gasteiger partial charge in [-0.3, -0.25) is 4.90 Å². The molecule has 0 saturated carbocycles. The molecule has 1 fully saturated rings. The minimum Gasteiger partial charge on any atom is -0.370 e. The maximum Gasteiger partial charge on any atom is 0.129 e. The van der Waals surface area contributed by atoms with Crippen molar-refractivity contribution in [1.29, 1.82) is 0 Å². The molecule has 0 radical (unpaired) electrons. The molecule has 0 bridgehead atoms. The molecule has 1 saturated heterocycles. The lowest BCUT2D eigenvalue weighted by atomic mass is 9.93. The Balaban J connectivity index is 1.38. The van der Waals surface area contributed by atoms with Gasteiger partial charge in [0.15, 0.2) is 0 Å². The van der Waals surface area contributed by atoms with Crippen molar-refractivity contribution in [3.05, 3.63) is 46.5 Å². The smallest absolute Gasteiger partial charge is 0.129 e. The first kappa shape index (κ1) is 19.0. The van der Waals surface area contributed by atoms with E-state index in [4.69, 9.17) is 15.6 Å². The molecule has 0 aliphatic carbocycles. The molecule has 0 aromatic heterocycles. The summed E-state index contributed by atoms with van der Waals surface area (Å²) in [5, 5.41) is 5.64. The first-order chi connectivity index (χ1) is 12.7. The predicted molar refractivity (Wildman–Crippen MR) is 101 cm³/mol. The summed E-state index contributed by atoms with van der Waals surface area (Å²) in [6, 6.07) is 3.03. The van der Waals surface area contributed by atoms with Gasteiger partial charge in [-0.25, -0.2) is 22.4 Å². The lowest BCUT2D eigenvalue weighted by molar-refractivity contribution is -0.0467. The number of halogens is 2. The number of nitrogens with zero attached hydrogens (tertiary/aromatic N) is 2. The third-order valence-electron chi connectivity index (χ3n) is 5.64. The van der Waals surface area contributed by atoms with E-state index in [0.29, 0.717) is 26.1 Å². The van der Waals surface area contributed by atoms with E-state index in [1.54, 1.807) is 4.31 Å². The van der Waals surface area contributed by atoms with Crippen LogP contribution in [0.2, 0.25) is 0 Å². The van der Waals surface area contributed by atoms with E-state index in [1.807, 2.05) is 0 Å². The van der Waals surface area contributed by atoms with Crippen LogP contribution in [0.3, 0.4) is 0 Å². The van der Waals surface area contributed by atoms with Crippen LogP contribution in [0, 0.1) is 11.6 Å². The van der Waals surface area contributed by atoms with E-state index < -0.39 is 33.7 Å². The minimum absolute atomic E-state index is 0.105. The fourth-order valence-electron chi connectivity index (χ4n) is 4.20. The quantitative estimate of drug-likeness (QED) is 0.576. The van der Waals surface area contributed by atoms with Gasteiger partial charge >= 0.3 is 0 Å². The molecule has 0 spiro atoms. The van der Waals surface area contributed by atoms with Gasteiger partial charge in [0.25, 0.3) is 0 Å². The van der Waals surface area contributed by atoms with Crippen LogP contribution >= 0.6 is 0 Å². The van der Waals surface area contributed by atoms with Crippen molar-refractivity contribution in [2.75, 3.05) is 32.8 Å². The molecule has 6 nitrogen and oxygen atoms in total. The molecule has 4 rings (SSSR count). The third kappa shape index (κ3) is 3.67. The number of benzene rings is 1. The molecule has 0 amide bonds. The van der Waals surface area contributed by atoms with Crippen LogP contribution in [0.5, 0.6) is 0 Å². The second-order valence-electron chi connectivity index (χ2n) is 7.57. The first-order valence-electron chi connectivity index (χ1n) is 8.88. The van der Waals surface area contributed by atoms with Crippen molar-refractivity contribution < 1.29 is 17.7 Å². The zero-order valence-corrected chi connectivity index (χ0v) is 15.8. The van der Waals surface area contributed by atoms with Gasteiger partial charge in [0.1, 0.15) is 17.7 Å². The highest BCUT2D eigenvalue weighted by atomic mass is 32.2. The summed E-state index contributed by atoms with van der Waals surface area (Å²) in [4.78, 5) is 2.28. The average Bonchev–Trinajstić information content (AvgIpc) is 3.16. The van der Waals surface area contributed by atoms with Gasteiger partial charge < -0.3 is 10.5 Å². The Bertz CT molecular complexity index is 871. The minimum atomic E-state index is -2.68. The Hall–Kier alpha value is -1.36. The van der Waals surface area contributed by atoms with E-state index in [0.717, 1.165) is 31.3 Å². The van der Waals surface area contributed by atoms with Crippen molar-refractivity contribution in [3.8, 4) is 0 Å². The molecule has 1 unspecified atom stereocenters. The fraction of sp³-hybridized carbons (Fsp3) is 0.500. The molecular formula is C18H24F2N4O2S. The molecule has 4 N–H and O–H groups in total. The maximum absolute atomic E-state index is 14.1. The molecular weight excluding hydrogens is 374 g/mol. The Kier molecular flexibility index (Phi) is 4.86. The second kappa shape index (κ2) is 6.91. The Morgan fingerprint density at radius 2 is 1.85 bits per heavy atom. The van der Waals surface area contributed by atoms with Crippen molar-refractivity contribution in [1.82, 2.24) is 9.21 Å². The van der Waals surface area contributed by atoms with Gasteiger partial charge in [-0.05, 0) is 41.6 Å². The Morgan fingerprint density at radius 1 is 1.19 bits per heavy atom. The number of rotatable bonds is 3. The third-order valence-corrected chi connectivity index (χ3v) is 6.77. The van der Waals surface area contributed by atoms with Gasteiger partial charge in [-0.1, -0.05) is 0 Å². The van der Waals surface area contributed by atoms with E-state index >= 15 is 0 Å². The van der Waals surface area contributed by atoms with Gasteiger partial charge in [-0.15, -0.1) is 0 Å². The summed E-state index contributed by atoms with van der Waals surface area (Å²) in [5.74, 6) is 2.54. The number of hydrogen-bond acceptors (Lipinski definition) is 4. The fourth-order valence-corrected chi connectivity index (χ4v) is 4.95. The lowest BCUT2D eigenvalue weighted by Crippen LogP contribution is -2.49. The molecule has 27 heavy (non-hydrogen) atoms. The van der Waals surface area contributed by atoms with E-state index in [2.05, 4.69) is 10.8 Å². The molecule has 1 aromatic rings. The van der Waals surface area contributed by atoms with Gasteiger partial charge in [0, 0.05) is 43.8 Å². The van der Waals surface area contributed by atoms with Crippen molar-refractivity contribution in [2.24, 2.45) is 10.9 Å². The zero-order chi connectivity index (χ0) is 19.3. The van der Waals surface area contributed by atoms with Crippen LogP contribution < -0.4 is 10.9 Å². The van der Waals surface area contributed by atoms with Crippen LogP contribution in [-0.4, -0.2) is 64.2 Å². The summed E-state index contributed by atoms with van der Waals surface area (Å²) in [5.41, 5.74) is 8.88. The zero-order valence-electron chi connectivity index (χ0n) is 14.9. The number of ether oxygens (including phenoxy) is 1. The van der Waals surface area contributed by atoms with E-state index in [9.17, 15) is 13.0 Å². The molecule has 148 valence electrons. The number of hydrogen-bond donors (Lipinski definition) is 2. The van der Waals surface area contributed by atoms with Crippen molar-refractivity contribution in [3.63, 3.8) is 0 Å². The average molecular weight is 398 g/mol. The Labute approximate surface area is 158 Å². The highest BCUT2D eigenvalue weighted by Gasteiger charge is 2.39.